The molecule has 1 amide bonds. The van der Waals surface area contributed by atoms with E-state index in [-0.39, 0.29) is 5.91 Å². The largest absolute Gasteiger partial charge is 0.351 e. The van der Waals surface area contributed by atoms with Crippen molar-refractivity contribution in [3.05, 3.63) is 72.1 Å². The van der Waals surface area contributed by atoms with Gasteiger partial charge in [-0.1, -0.05) is 53.2 Å². The highest BCUT2D eigenvalue weighted by Gasteiger charge is 2.24. The first-order valence-electron chi connectivity index (χ1n) is 10.9. The van der Waals surface area contributed by atoms with Gasteiger partial charge in [0, 0.05) is 32.6 Å². The Labute approximate surface area is 186 Å². The van der Waals surface area contributed by atoms with Crippen molar-refractivity contribution in [1.82, 2.24) is 29.9 Å². The Balaban J connectivity index is 1.27. The third kappa shape index (κ3) is 4.03. The second-order valence-electron chi connectivity index (χ2n) is 8.06. The number of benzene rings is 2. The van der Waals surface area contributed by atoms with E-state index in [0.29, 0.717) is 43.8 Å². The third-order valence-corrected chi connectivity index (χ3v) is 5.90. The first-order chi connectivity index (χ1) is 15.7. The van der Waals surface area contributed by atoms with Gasteiger partial charge in [0.2, 0.25) is 5.91 Å². The average molecular weight is 428 g/mol. The van der Waals surface area contributed by atoms with E-state index >= 15 is 0 Å². The van der Waals surface area contributed by atoms with E-state index in [1.165, 1.54) is 11.1 Å². The van der Waals surface area contributed by atoms with Crippen molar-refractivity contribution >= 4 is 22.9 Å². The van der Waals surface area contributed by atoms with E-state index in [1.54, 1.807) is 11.0 Å². The van der Waals surface area contributed by atoms with E-state index in [0.717, 1.165) is 17.9 Å². The van der Waals surface area contributed by atoms with Gasteiger partial charge >= 0.3 is 0 Å². The Bertz CT molecular complexity index is 1210. The monoisotopic (exact) mass is 427 g/mol. The fourth-order valence-electron chi connectivity index (χ4n) is 4.05. The molecular formula is C24H25N7O. The molecule has 32 heavy (non-hydrogen) atoms. The van der Waals surface area contributed by atoms with E-state index < -0.39 is 0 Å². The van der Waals surface area contributed by atoms with Crippen LogP contribution in [0.2, 0.25) is 0 Å². The van der Waals surface area contributed by atoms with Gasteiger partial charge < -0.3 is 9.80 Å². The molecule has 3 heterocycles. The van der Waals surface area contributed by atoms with Crippen LogP contribution in [0.5, 0.6) is 0 Å². The highest BCUT2D eigenvalue weighted by molar-refractivity contribution is 5.84. The topological polar surface area (TPSA) is 80.0 Å². The normalized spacial score (nSPS) is 14.2. The molecule has 0 bridgehead atoms. The Morgan fingerprint density at radius 2 is 1.69 bits per heavy atom. The predicted molar refractivity (Wildman–Crippen MR) is 123 cm³/mol. The lowest BCUT2D eigenvalue weighted by Crippen LogP contribution is -2.49. The summed E-state index contributed by atoms with van der Waals surface area (Å²) in [6, 6.07) is 18.2. The highest BCUT2D eigenvalue weighted by Crippen LogP contribution is 2.24. The number of hydrogen-bond acceptors (Lipinski definition) is 6. The molecule has 0 unspecified atom stereocenters. The number of anilines is 1. The standard InChI is InChI=1S/C24H25N7O/c1-18-7-10-20(11-8-18)31-24-22(27-28-31)23(25-17-26-24)30-15-13-29(14-16-30)21(32)12-9-19-5-3-2-4-6-19/h2-8,10-11,17H,9,12-16H2,1H3. The molecule has 2 aromatic carbocycles. The van der Waals surface area contributed by atoms with Gasteiger partial charge in [-0.25, -0.2) is 9.97 Å². The summed E-state index contributed by atoms with van der Waals surface area (Å²) in [5, 5.41) is 8.70. The van der Waals surface area contributed by atoms with Gasteiger partial charge in [-0.3, -0.25) is 4.79 Å². The summed E-state index contributed by atoms with van der Waals surface area (Å²) in [5.74, 6) is 0.969. The van der Waals surface area contributed by atoms with Crippen molar-refractivity contribution in [3.63, 3.8) is 0 Å². The second kappa shape index (κ2) is 8.74. The van der Waals surface area contributed by atoms with Crippen molar-refractivity contribution in [1.29, 1.82) is 0 Å². The molecule has 1 aliphatic rings. The minimum atomic E-state index is 0.201. The summed E-state index contributed by atoms with van der Waals surface area (Å²) in [4.78, 5) is 25.7. The summed E-state index contributed by atoms with van der Waals surface area (Å²) in [5.41, 5.74) is 4.65. The van der Waals surface area contributed by atoms with Crippen LogP contribution in [0.15, 0.2) is 60.9 Å². The maximum absolute atomic E-state index is 12.7. The van der Waals surface area contributed by atoms with Crippen molar-refractivity contribution in [2.45, 2.75) is 19.8 Å². The van der Waals surface area contributed by atoms with Crippen LogP contribution >= 0.6 is 0 Å². The zero-order chi connectivity index (χ0) is 21.9. The zero-order valence-electron chi connectivity index (χ0n) is 18.1. The maximum atomic E-state index is 12.7. The SMILES string of the molecule is Cc1ccc(-n2nnc3c(N4CCN(C(=O)CCc5ccccc5)CC4)ncnc32)cc1. The quantitative estimate of drug-likeness (QED) is 0.487. The molecule has 0 radical (unpaired) electrons. The predicted octanol–water partition coefficient (Wildman–Crippen LogP) is 2.80. The summed E-state index contributed by atoms with van der Waals surface area (Å²) in [6.45, 7) is 4.81. The average Bonchev–Trinajstić information content (AvgIpc) is 3.28. The minimum Gasteiger partial charge on any atom is -0.351 e. The number of aryl methyl sites for hydroxylation is 2. The van der Waals surface area contributed by atoms with Crippen molar-refractivity contribution in [2.75, 3.05) is 31.1 Å². The molecule has 8 heteroatoms. The lowest BCUT2D eigenvalue weighted by molar-refractivity contribution is -0.131. The zero-order valence-corrected chi connectivity index (χ0v) is 18.1. The van der Waals surface area contributed by atoms with Crippen molar-refractivity contribution in [2.24, 2.45) is 0 Å². The Morgan fingerprint density at radius 3 is 2.44 bits per heavy atom. The molecule has 5 rings (SSSR count). The van der Waals surface area contributed by atoms with Crippen LogP contribution in [0, 0.1) is 6.92 Å². The molecule has 0 atom stereocenters. The van der Waals surface area contributed by atoms with Gasteiger partial charge in [-0.2, -0.15) is 4.68 Å². The molecule has 0 saturated carbocycles. The van der Waals surface area contributed by atoms with E-state index in [4.69, 9.17) is 0 Å². The van der Waals surface area contributed by atoms with Crippen LogP contribution < -0.4 is 4.90 Å². The lowest BCUT2D eigenvalue weighted by atomic mass is 10.1. The number of rotatable bonds is 5. The molecule has 0 spiro atoms. The minimum absolute atomic E-state index is 0.201. The summed E-state index contributed by atoms with van der Waals surface area (Å²) in [7, 11) is 0. The molecule has 4 aromatic rings. The summed E-state index contributed by atoms with van der Waals surface area (Å²) < 4.78 is 1.74. The molecule has 8 nitrogen and oxygen atoms in total. The van der Waals surface area contributed by atoms with Crippen LogP contribution in [0.1, 0.15) is 17.5 Å². The number of nitrogens with zero attached hydrogens (tertiary/aromatic N) is 7. The molecular weight excluding hydrogens is 402 g/mol. The molecule has 2 aromatic heterocycles. The number of amides is 1. The van der Waals surface area contributed by atoms with Crippen LogP contribution in [-0.4, -0.2) is 61.9 Å². The van der Waals surface area contributed by atoms with E-state index in [9.17, 15) is 4.79 Å². The van der Waals surface area contributed by atoms with Gasteiger partial charge in [0.1, 0.15) is 6.33 Å². The Morgan fingerprint density at radius 1 is 0.938 bits per heavy atom. The number of aromatic nitrogens is 5. The van der Waals surface area contributed by atoms with Gasteiger partial charge in [-0.05, 0) is 31.0 Å². The molecule has 162 valence electrons. The summed E-state index contributed by atoms with van der Waals surface area (Å²) in [6.07, 6.45) is 2.87. The van der Waals surface area contributed by atoms with Crippen LogP contribution in [0.3, 0.4) is 0 Å². The highest BCUT2D eigenvalue weighted by atomic mass is 16.2. The van der Waals surface area contributed by atoms with Gasteiger partial charge in [0.25, 0.3) is 0 Å². The first-order valence-corrected chi connectivity index (χ1v) is 10.9. The first kappa shape index (κ1) is 20.1. The van der Waals surface area contributed by atoms with Crippen molar-refractivity contribution < 1.29 is 4.79 Å². The van der Waals surface area contributed by atoms with Gasteiger partial charge in [-0.15, -0.1) is 5.10 Å². The third-order valence-electron chi connectivity index (χ3n) is 5.90. The fourth-order valence-corrected chi connectivity index (χ4v) is 4.05. The molecule has 1 fully saturated rings. The molecule has 1 saturated heterocycles. The molecule has 1 aliphatic heterocycles. The number of fused-ring (bicyclic) bond motifs is 1. The van der Waals surface area contributed by atoms with Crippen LogP contribution in [0.25, 0.3) is 16.9 Å². The smallest absolute Gasteiger partial charge is 0.223 e. The van der Waals surface area contributed by atoms with Crippen LogP contribution in [0.4, 0.5) is 5.82 Å². The van der Waals surface area contributed by atoms with E-state index in [1.807, 2.05) is 47.4 Å². The van der Waals surface area contributed by atoms with Gasteiger partial charge in [0.15, 0.2) is 17.0 Å². The molecule has 0 N–H and O–H groups in total. The number of hydrogen-bond donors (Lipinski definition) is 0. The van der Waals surface area contributed by atoms with Crippen LogP contribution in [-0.2, 0) is 11.2 Å². The Hall–Kier alpha value is -3.81. The van der Waals surface area contributed by atoms with Gasteiger partial charge in [0.05, 0.1) is 5.69 Å². The number of carbonyl (C=O) groups excluding carboxylic acids is 1. The lowest BCUT2D eigenvalue weighted by Gasteiger charge is -2.35. The molecule has 0 aliphatic carbocycles. The maximum Gasteiger partial charge on any atom is 0.223 e. The number of carbonyl (C=O) groups is 1. The summed E-state index contributed by atoms with van der Waals surface area (Å²) >= 11 is 0. The fraction of sp³-hybridized carbons (Fsp3) is 0.292. The van der Waals surface area contributed by atoms with Crippen molar-refractivity contribution in [3.8, 4) is 5.69 Å². The Kier molecular flexibility index (Phi) is 5.49. The second-order valence-corrected chi connectivity index (χ2v) is 8.06. The number of piperazine rings is 1. The van der Waals surface area contributed by atoms with E-state index in [2.05, 4.69) is 44.2 Å².